The Morgan fingerprint density at radius 2 is 1.43 bits per heavy atom. The Kier molecular flexibility index (Phi) is 18.4. The second-order valence-electron chi connectivity index (χ2n) is 9.60. The number of carbonyl (C=O) groups excluding carboxylic acids is 3. The van der Waals surface area contributed by atoms with Gasteiger partial charge in [-0.1, -0.05) is 12.1 Å². The summed E-state index contributed by atoms with van der Waals surface area (Å²) in [6.07, 6.45) is 4.34. The Hall–Kier alpha value is -4.22. The largest absolute Gasteiger partial charge is 0.500 e. The molecule has 0 spiro atoms. The maximum atomic E-state index is 12.4. The molecule has 13 heteroatoms. The Morgan fingerprint density at radius 3 is 2.07 bits per heavy atom. The fourth-order valence-corrected chi connectivity index (χ4v) is 6.61. The Balaban J connectivity index is 1.62. The summed E-state index contributed by atoms with van der Waals surface area (Å²) in [7, 11) is -2.74. The zero-order valence-corrected chi connectivity index (χ0v) is 27.8. The van der Waals surface area contributed by atoms with Crippen LogP contribution in [0.3, 0.4) is 0 Å². The molecule has 0 fully saturated rings. The van der Waals surface area contributed by atoms with E-state index in [1.165, 1.54) is 6.08 Å². The van der Waals surface area contributed by atoms with E-state index in [-0.39, 0.29) is 13.2 Å². The average molecular weight is 657 g/mol. The van der Waals surface area contributed by atoms with Gasteiger partial charge in [-0.25, -0.2) is 14.4 Å². The maximum Gasteiger partial charge on any atom is 0.500 e. The molecule has 2 aromatic rings. The molecule has 0 aliphatic carbocycles. The van der Waals surface area contributed by atoms with Crippen LogP contribution in [0.2, 0.25) is 6.04 Å². The molecule has 12 nitrogen and oxygen atoms in total. The minimum atomic E-state index is -2.74. The van der Waals surface area contributed by atoms with Crippen molar-refractivity contribution in [3.63, 3.8) is 0 Å². The lowest BCUT2D eigenvalue weighted by atomic mass is 10.2. The average Bonchev–Trinajstić information content (AvgIpc) is 3.05. The lowest BCUT2D eigenvalue weighted by Crippen LogP contribution is -2.46. The first-order chi connectivity index (χ1) is 22.3. The number of ether oxygens (including phenoxy) is 4. The molecule has 0 unspecified atom stereocenters. The molecule has 1 amide bonds. The first kappa shape index (κ1) is 38.0. The second kappa shape index (κ2) is 22.3. The first-order valence-corrected chi connectivity index (χ1v) is 17.4. The highest BCUT2D eigenvalue weighted by atomic mass is 28.4. The van der Waals surface area contributed by atoms with Crippen molar-refractivity contribution in [2.45, 2.75) is 52.5 Å². The summed E-state index contributed by atoms with van der Waals surface area (Å²) in [4.78, 5) is 36.4. The van der Waals surface area contributed by atoms with Crippen LogP contribution in [0.15, 0.2) is 54.6 Å². The van der Waals surface area contributed by atoms with E-state index >= 15 is 0 Å². The van der Waals surface area contributed by atoms with E-state index < -0.39 is 26.8 Å². The second-order valence-corrected chi connectivity index (χ2v) is 12.3. The number of hydrogen-bond acceptors (Lipinski definition) is 11. The normalized spacial score (nSPS) is 11.1. The van der Waals surface area contributed by atoms with Gasteiger partial charge in [0.15, 0.2) is 0 Å². The van der Waals surface area contributed by atoms with Crippen molar-refractivity contribution in [3.05, 3.63) is 65.7 Å². The molecule has 46 heavy (non-hydrogen) atoms. The summed E-state index contributed by atoms with van der Waals surface area (Å²) in [6.45, 7) is 8.17. The van der Waals surface area contributed by atoms with Gasteiger partial charge in [0.05, 0.1) is 31.5 Å². The van der Waals surface area contributed by atoms with E-state index in [1.807, 2.05) is 20.8 Å². The monoisotopic (exact) mass is 656 g/mol. The van der Waals surface area contributed by atoms with Crippen LogP contribution in [0.1, 0.15) is 62.4 Å². The van der Waals surface area contributed by atoms with Crippen molar-refractivity contribution >= 4 is 32.9 Å². The minimum Gasteiger partial charge on any atom is -0.494 e. The molecule has 0 bridgehead atoms. The van der Waals surface area contributed by atoms with Crippen molar-refractivity contribution in [1.29, 1.82) is 5.26 Å². The Bertz CT molecular complexity index is 1250. The van der Waals surface area contributed by atoms with Gasteiger partial charge in [0.1, 0.15) is 11.5 Å². The van der Waals surface area contributed by atoms with Crippen LogP contribution in [-0.4, -0.2) is 73.0 Å². The zero-order valence-electron chi connectivity index (χ0n) is 26.8. The maximum absolute atomic E-state index is 12.4. The third kappa shape index (κ3) is 15.2. The zero-order chi connectivity index (χ0) is 33.5. The van der Waals surface area contributed by atoms with Gasteiger partial charge in [-0.3, -0.25) is 0 Å². The predicted molar refractivity (Wildman–Crippen MR) is 172 cm³/mol. The summed E-state index contributed by atoms with van der Waals surface area (Å²) in [5, 5.41) is 11.3. The molecule has 2 aromatic carbocycles. The molecule has 0 aliphatic heterocycles. The topological polar surface area (TPSA) is 152 Å². The summed E-state index contributed by atoms with van der Waals surface area (Å²) in [5.74, 6) is -0.102. The number of rotatable bonds is 22. The Labute approximate surface area is 271 Å². The number of benzene rings is 2. The number of esters is 2. The van der Waals surface area contributed by atoms with Crippen LogP contribution in [0.4, 0.5) is 4.79 Å². The van der Waals surface area contributed by atoms with Crippen molar-refractivity contribution in [2.24, 2.45) is 0 Å². The summed E-state index contributed by atoms with van der Waals surface area (Å²) < 4.78 is 38.6. The molecular formula is C33H44N2O10Si. The number of unbranched alkanes of at least 4 members (excludes halogenated alkanes) is 1. The van der Waals surface area contributed by atoms with E-state index in [0.29, 0.717) is 87.3 Å². The molecule has 0 heterocycles. The molecule has 0 aliphatic rings. The molecule has 0 saturated carbocycles. The van der Waals surface area contributed by atoms with E-state index in [9.17, 15) is 14.4 Å². The van der Waals surface area contributed by atoms with Crippen molar-refractivity contribution in [2.75, 3.05) is 46.2 Å². The van der Waals surface area contributed by atoms with Crippen molar-refractivity contribution < 1.29 is 46.6 Å². The lowest BCUT2D eigenvalue weighted by molar-refractivity contribution is -0.137. The van der Waals surface area contributed by atoms with Crippen LogP contribution < -0.4 is 14.8 Å². The smallest absolute Gasteiger partial charge is 0.494 e. The van der Waals surface area contributed by atoms with Gasteiger partial charge in [0.2, 0.25) is 0 Å². The Morgan fingerprint density at radius 1 is 0.804 bits per heavy atom. The summed E-state index contributed by atoms with van der Waals surface area (Å²) in [6, 6.07) is 15.8. The van der Waals surface area contributed by atoms with Crippen LogP contribution >= 0.6 is 0 Å². The van der Waals surface area contributed by atoms with Gasteiger partial charge in [-0.15, -0.1) is 0 Å². The van der Waals surface area contributed by atoms with Gasteiger partial charge in [0, 0.05) is 51.3 Å². The predicted octanol–water partition coefficient (Wildman–Crippen LogP) is 5.70. The van der Waals surface area contributed by atoms with E-state index in [1.54, 1.807) is 54.6 Å². The molecular weight excluding hydrogens is 612 g/mol. The molecule has 0 saturated heterocycles. The molecule has 0 radical (unpaired) electrons. The van der Waals surface area contributed by atoms with Crippen molar-refractivity contribution in [1.82, 2.24) is 5.32 Å². The molecule has 2 rings (SSSR count). The highest BCUT2D eigenvalue weighted by molar-refractivity contribution is 6.60. The summed E-state index contributed by atoms with van der Waals surface area (Å²) >= 11 is 0. The summed E-state index contributed by atoms with van der Waals surface area (Å²) in [5.41, 5.74) is 1.07. The fraction of sp³-hybridized carbons (Fsp3) is 0.455. The highest BCUT2D eigenvalue weighted by Gasteiger charge is 2.39. The number of carbonyl (C=O) groups is 3. The van der Waals surface area contributed by atoms with Gasteiger partial charge in [-0.05, 0) is 81.7 Å². The number of nitrogens with one attached hydrogen (secondary N) is 1. The number of amides is 1. The SMILES string of the molecule is CCO[Si](CCCNC(=O)OCCCOC(=O)C=Cc1ccc(OC(=O)c2ccc(OCCCC#N)cc2)cc1)(OCC)OCC. The third-order valence-corrected chi connectivity index (χ3v) is 9.23. The van der Waals surface area contributed by atoms with E-state index in [0.717, 1.165) is 0 Å². The van der Waals surface area contributed by atoms with Gasteiger partial charge in [0.25, 0.3) is 0 Å². The van der Waals surface area contributed by atoms with Crippen LogP contribution in [-0.2, 0) is 27.5 Å². The van der Waals surface area contributed by atoms with Crippen LogP contribution in [0, 0.1) is 11.3 Å². The fourth-order valence-electron chi connectivity index (χ4n) is 4.00. The molecule has 250 valence electrons. The number of hydrogen-bond donors (Lipinski definition) is 1. The highest BCUT2D eigenvalue weighted by Crippen LogP contribution is 2.19. The number of alkyl carbamates (subject to hydrolysis) is 1. The first-order valence-electron chi connectivity index (χ1n) is 15.4. The third-order valence-electron chi connectivity index (χ3n) is 6.08. The minimum absolute atomic E-state index is 0.0881. The molecule has 0 aromatic heterocycles. The van der Waals surface area contributed by atoms with Crippen molar-refractivity contribution in [3.8, 4) is 17.6 Å². The lowest BCUT2D eigenvalue weighted by Gasteiger charge is -2.28. The number of nitriles is 1. The van der Waals surface area contributed by atoms with E-state index in [4.69, 9.17) is 37.5 Å². The number of nitrogens with zero attached hydrogens (tertiary/aromatic N) is 1. The van der Waals surface area contributed by atoms with Gasteiger partial charge >= 0.3 is 26.8 Å². The quantitative estimate of drug-likeness (QED) is 0.0546. The van der Waals surface area contributed by atoms with Gasteiger partial charge in [-0.2, -0.15) is 5.26 Å². The standard InChI is InChI=1S/C33H44N2O10Si/c1-4-42-46(43-5-2,44-6-3)26-9-22-35-33(38)41-25-10-24-40-31(36)20-13-27-11-16-30(17-12-27)45-32(37)28-14-18-29(19-15-28)39-23-8-7-21-34/h11-20H,4-10,22-26H2,1-3H3,(H,35,38). The molecule has 1 N–H and O–H groups in total. The molecule has 0 atom stereocenters. The van der Waals surface area contributed by atoms with Crippen LogP contribution in [0.25, 0.3) is 6.08 Å². The van der Waals surface area contributed by atoms with E-state index in [2.05, 4.69) is 11.4 Å². The van der Waals surface area contributed by atoms with Crippen LogP contribution in [0.5, 0.6) is 11.5 Å². The van der Waals surface area contributed by atoms with Gasteiger partial charge < -0.3 is 37.5 Å².